The second kappa shape index (κ2) is 7.75. The number of ether oxygens (including phenoxy) is 1. The van der Waals surface area contributed by atoms with Gasteiger partial charge in [-0.2, -0.15) is 0 Å². The Bertz CT molecular complexity index is 1010. The van der Waals surface area contributed by atoms with Crippen LogP contribution in [-0.2, 0) is 9.53 Å². The van der Waals surface area contributed by atoms with Gasteiger partial charge in [-0.1, -0.05) is 0 Å². The SMILES string of the molecule is O=C(CC1CCCO1)Nc1cc(F)cc(-c2ccc3ncnc([AsH2])c3c2)c1. The number of rotatable bonds is 4. The van der Waals surface area contributed by atoms with E-state index in [0.717, 1.165) is 33.8 Å². The van der Waals surface area contributed by atoms with E-state index in [1.165, 1.54) is 29.0 Å². The normalized spacial score (nSPS) is 16.6. The fourth-order valence-electron chi connectivity index (χ4n) is 3.31. The molecule has 27 heavy (non-hydrogen) atoms. The van der Waals surface area contributed by atoms with Crippen LogP contribution in [0.3, 0.4) is 0 Å². The van der Waals surface area contributed by atoms with Crippen molar-refractivity contribution < 1.29 is 13.9 Å². The Morgan fingerprint density at radius 3 is 2.93 bits per heavy atom. The number of carbonyl (C=O) groups excluding carboxylic acids is 1. The van der Waals surface area contributed by atoms with Gasteiger partial charge in [0.05, 0.1) is 0 Å². The van der Waals surface area contributed by atoms with Gasteiger partial charge < -0.3 is 0 Å². The van der Waals surface area contributed by atoms with Gasteiger partial charge in [0.15, 0.2) is 0 Å². The van der Waals surface area contributed by atoms with Crippen LogP contribution in [0.25, 0.3) is 22.0 Å². The third-order valence-electron chi connectivity index (χ3n) is 4.62. The predicted molar refractivity (Wildman–Crippen MR) is 105 cm³/mol. The summed E-state index contributed by atoms with van der Waals surface area (Å²) in [4.78, 5) is 20.7. The Hall–Kier alpha value is -2.30. The number of carbonyl (C=O) groups is 1. The molecule has 2 unspecified atom stereocenters. The number of nitrogens with one attached hydrogen (secondary N) is 1. The summed E-state index contributed by atoms with van der Waals surface area (Å²) in [5.74, 6) is -0.561. The average Bonchev–Trinajstić information content (AvgIpc) is 3.14. The summed E-state index contributed by atoms with van der Waals surface area (Å²) in [5.41, 5.74) is 2.85. The first-order chi connectivity index (χ1) is 13.1. The number of hydrogen-bond acceptors (Lipinski definition) is 4. The summed E-state index contributed by atoms with van der Waals surface area (Å²) in [6.45, 7) is 0.703. The fourth-order valence-corrected chi connectivity index (χ4v) is 3.93. The zero-order valence-corrected chi connectivity index (χ0v) is 17.0. The van der Waals surface area contributed by atoms with E-state index in [9.17, 15) is 9.18 Å². The molecule has 5 nitrogen and oxygen atoms in total. The Morgan fingerprint density at radius 2 is 2.11 bits per heavy atom. The number of benzene rings is 2. The Morgan fingerprint density at radius 1 is 1.22 bits per heavy atom. The molecule has 2 aromatic carbocycles. The van der Waals surface area contributed by atoms with Crippen LogP contribution in [0.15, 0.2) is 42.7 Å². The molecule has 0 radical (unpaired) electrons. The molecule has 1 aromatic heterocycles. The third-order valence-corrected chi connectivity index (χ3v) is 5.58. The standard InChI is InChI=1S/C20H19AsFN3O2/c21-20-17-8-12(3-4-18(17)23-11-24-20)13-6-14(22)9-15(7-13)25-19(26)10-16-2-1-5-27-16/h3-4,6-9,11,16H,1-2,5,10,21H2,(H,25,26). The van der Waals surface area contributed by atoms with Crippen molar-refractivity contribution in [2.24, 2.45) is 0 Å². The molecular formula is C20H19AsFN3O2. The van der Waals surface area contributed by atoms with E-state index >= 15 is 0 Å². The molecule has 1 amide bonds. The fraction of sp³-hybridized carbons (Fsp3) is 0.250. The van der Waals surface area contributed by atoms with E-state index in [2.05, 4.69) is 15.3 Å². The molecule has 138 valence electrons. The number of halogens is 1. The summed E-state index contributed by atoms with van der Waals surface area (Å²) in [7, 11) is 0. The minimum absolute atomic E-state index is 0.0385. The number of hydrogen-bond donors (Lipinski definition) is 1. The van der Waals surface area contributed by atoms with Crippen LogP contribution in [0.2, 0.25) is 0 Å². The first kappa shape index (κ1) is 18.1. The van der Waals surface area contributed by atoms with E-state index in [0.29, 0.717) is 24.3 Å². The van der Waals surface area contributed by atoms with Gasteiger partial charge in [-0.3, -0.25) is 0 Å². The molecule has 2 heterocycles. The van der Waals surface area contributed by atoms with Crippen molar-refractivity contribution in [2.45, 2.75) is 25.4 Å². The summed E-state index contributed by atoms with van der Waals surface area (Å²) >= 11 is 1.41. The molecule has 0 spiro atoms. The van der Waals surface area contributed by atoms with Crippen molar-refractivity contribution >= 4 is 43.8 Å². The molecule has 7 heteroatoms. The predicted octanol–water partition coefficient (Wildman–Crippen LogP) is 2.20. The third kappa shape index (κ3) is 4.17. The van der Waals surface area contributed by atoms with Gasteiger partial charge in [0.1, 0.15) is 0 Å². The van der Waals surface area contributed by atoms with Gasteiger partial charge in [0, 0.05) is 6.61 Å². The second-order valence-electron chi connectivity index (χ2n) is 6.61. The van der Waals surface area contributed by atoms with Crippen LogP contribution >= 0.6 is 0 Å². The topological polar surface area (TPSA) is 64.1 Å². The Balaban J connectivity index is 1.60. The molecule has 1 aliphatic rings. The first-order valence-electron chi connectivity index (χ1n) is 8.81. The Labute approximate surface area is 164 Å². The van der Waals surface area contributed by atoms with Crippen molar-refractivity contribution in [3.8, 4) is 11.1 Å². The maximum absolute atomic E-state index is 14.2. The Kier molecular flexibility index (Phi) is 5.19. The van der Waals surface area contributed by atoms with Crippen LogP contribution in [-0.4, -0.2) is 45.4 Å². The van der Waals surface area contributed by atoms with Gasteiger partial charge >= 0.3 is 152 Å². The van der Waals surface area contributed by atoms with E-state index in [1.807, 2.05) is 18.2 Å². The monoisotopic (exact) mass is 427 g/mol. The van der Waals surface area contributed by atoms with E-state index < -0.39 is 5.82 Å². The number of fused-ring (bicyclic) bond motifs is 1. The number of amides is 1. The number of nitrogens with zero attached hydrogens (tertiary/aromatic N) is 2. The van der Waals surface area contributed by atoms with Gasteiger partial charge in [-0.15, -0.1) is 0 Å². The van der Waals surface area contributed by atoms with Crippen LogP contribution in [0.1, 0.15) is 19.3 Å². The molecule has 0 saturated carbocycles. The summed E-state index contributed by atoms with van der Waals surface area (Å²) < 4.78 is 20.6. The average molecular weight is 427 g/mol. The quantitative estimate of drug-likeness (QED) is 0.649. The maximum atomic E-state index is 14.2. The molecule has 1 saturated heterocycles. The van der Waals surface area contributed by atoms with Crippen molar-refractivity contribution in [1.82, 2.24) is 9.97 Å². The molecule has 0 bridgehead atoms. The first-order valence-corrected chi connectivity index (χ1v) is 10.0. The van der Waals surface area contributed by atoms with Crippen molar-refractivity contribution in [2.75, 3.05) is 11.9 Å². The van der Waals surface area contributed by atoms with E-state index in [4.69, 9.17) is 4.74 Å². The van der Waals surface area contributed by atoms with Crippen molar-refractivity contribution in [3.05, 3.63) is 48.5 Å². The van der Waals surface area contributed by atoms with Gasteiger partial charge in [0.25, 0.3) is 0 Å². The molecule has 0 aliphatic carbocycles. The molecule has 3 aromatic rings. The second-order valence-corrected chi connectivity index (χ2v) is 7.75. The van der Waals surface area contributed by atoms with Crippen molar-refractivity contribution in [3.63, 3.8) is 0 Å². The number of anilines is 1. The van der Waals surface area contributed by atoms with Gasteiger partial charge in [-0.25, -0.2) is 0 Å². The van der Waals surface area contributed by atoms with Gasteiger partial charge in [0.2, 0.25) is 0 Å². The van der Waals surface area contributed by atoms with Crippen LogP contribution in [0.5, 0.6) is 0 Å². The van der Waals surface area contributed by atoms with Crippen LogP contribution < -0.4 is 9.80 Å². The minimum atomic E-state index is -0.398. The molecular weight excluding hydrogens is 408 g/mol. The number of aromatic nitrogens is 2. The molecule has 4 rings (SSSR count). The molecule has 1 aliphatic heterocycles. The molecule has 2 atom stereocenters. The molecule has 1 fully saturated rings. The van der Waals surface area contributed by atoms with Crippen molar-refractivity contribution in [1.29, 1.82) is 0 Å². The van der Waals surface area contributed by atoms with E-state index in [-0.39, 0.29) is 12.0 Å². The summed E-state index contributed by atoms with van der Waals surface area (Å²) in [6.07, 6.45) is 3.67. The molecule has 1 N–H and O–H groups in total. The summed E-state index contributed by atoms with van der Waals surface area (Å²) in [5, 5.41) is 3.74. The van der Waals surface area contributed by atoms with Crippen LogP contribution in [0, 0.1) is 5.82 Å². The van der Waals surface area contributed by atoms with Crippen LogP contribution in [0.4, 0.5) is 10.1 Å². The zero-order chi connectivity index (χ0) is 18.8. The zero-order valence-electron chi connectivity index (χ0n) is 14.6. The van der Waals surface area contributed by atoms with Gasteiger partial charge in [-0.05, 0) is 6.42 Å². The van der Waals surface area contributed by atoms with E-state index in [1.54, 1.807) is 12.4 Å². The summed E-state index contributed by atoms with van der Waals surface area (Å²) in [6, 6.07) is 10.3.